The summed E-state index contributed by atoms with van der Waals surface area (Å²) in [7, 11) is 7.16. The molecule has 78 valence electrons. The fourth-order valence-electron chi connectivity index (χ4n) is 1.27. The Morgan fingerprint density at radius 3 is 2.43 bits per heavy atom. The van der Waals surface area contributed by atoms with Gasteiger partial charge in [0.1, 0.15) is 11.5 Å². The summed E-state index contributed by atoms with van der Waals surface area (Å²) in [6.45, 7) is 0. The molecule has 0 atom stereocenters. The van der Waals surface area contributed by atoms with Crippen LogP contribution in [-0.2, 0) is 0 Å². The monoisotopic (exact) mass is 196 g/mol. The molecule has 0 aliphatic carbocycles. The summed E-state index contributed by atoms with van der Waals surface area (Å²) in [5.41, 5.74) is 1.51. The van der Waals surface area contributed by atoms with Gasteiger partial charge in [-0.05, 0) is 0 Å². The van der Waals surface area contributed by atoms with Gasteiger partial charge >= 0.3 is 0 Å². The molecule has 0 fully saturated rings. The summed E-state index contributed by atoms with van der Waals surface area (Å²) in [5.74, 6) is 0.953. The molecular weight excluding hydrogens is 180 g/mol. The van der Waals surface area contributed by atoms with Gasteiger partial charge in [0.2, 0.25) is 0 Å². The van der Waals surface area contributed by atoms with Gasteiger partial charge in [-0.15, -0.1) is 0 Å². The zero-order chi connectivity index (χ0) is 10.7. The van der Waals surface area contributed by atoms with E-state index in [-0.39, 0.29) is 5.75 Å². The zero-order valence-electron chi connectivity index (χ0n) is 8.96. The van der Waals surface area contributed by atoms with Gasteiger partial charge in [0.05, 0.1) is 18.5 Å². The Kier molecular flexibility index (Phi) is 3.06. The van der Waals surface area contributed by atoms with Crippen LogP contribution in [0.1, 0.15) is 0 Å². The highest BCUT2D eigenvalue weighted by Gasteiger charge is 2.09. The molecule has 0 aromatic heterocycles. The van der Waals surface area contributed by atoms with Gasteiger partial charge < -0.3 is 20.1 Å². The largest absolute Gasteiger partial charge is 0.506 e. The molecule has 1 rings (SSSR count). The number of phenols is 1. The van der Waals surface area contributed by atoms with Crippen LogP contribution in [0.3, 0.4) is 0 Å². The quantitative estimate of drug-likeness (QED) is 0.719. The fourth-order valence-corrected chi connectivity index (χ4v) is 1.27. The molecule has 0 aliphatic heterocycles. The predicted octanol–water partition coefficient (Wildman–Crippen LogP) is 1.51. The Morgan fingerprint density at radius 1 is 1.36 bits per heavy atom. The average Bonchev–Trinajstić information content (AvgIpc) is 2.17. The van der Waals surface area contributed by atoms with Gasteiger partial charge in [0, 0.05) is 33.3 Å². The molecule has 0 radical (unpaired) electrons. The molecule has 1 aromatic carbocycles. The van der Waals surface area contributed by atoms with Crippen molar-refractivity contribution in [1.82, 2.24) is 0 Å². The minimum atomic E-state index is 0.219. The van der Waals surface area contributed by atoms with Crippen molar-refractivity contribution < 1.29 is 9.84 Å². The summed E-state index contributed by atoms with van der Waals surface area (Å²) >= 11 is 0. The molecule has 0 bridgehead atoms. The van der Waals surface area contributed by atoms with Crippen molar-refractivity contribution in [3.05, 3.63) is 12.1 Å². The number of ether oxygens (including phenoxy) is 1. The molecule has 0 unspecified atom stereocenters. The summed E-state index contributed by atoms with van der Waals surface area (Å²) in [6.07, 6.45) is 0. The van der Waals surface area contributed by atoms with E-state index in [0.717, 1.165) is 11.4 Å². The maximum Gasteiger partial charge on any atom is 0.144 e. The summed E-state index contributed by atoms with van der Waals surface area (Å²) in [5, 5.41) is 12.5. The summed E-state index contributed by atoms with van der Waals surface area (Å²) in [4.78, 5) is 1.89. The van der Waals surface area contributed by atoms with Crippen LogP contribution in [-0.4, -0.2) is 33.4 Å². The molecule has 0 spiro atoms. The third-order valence-corrected chi connectivity index (χ3v) is 2.05. The first-order valence-electron chi connectivity index (χ1n) is 4.36. The average molecular weight is 196 g/mol. The highest BCUT2D eigenvalue weighted by molar-refractivity contribution is 5.70. The Morgan fingerprint density at radius 2 is 2.00 bits per heavy atom. The minimum absolute atomic E-state index is 0.219. The standard InChI is InChI=1S/C10H16N2O2/c1-11-7-5-10(14-4)8(12(2)3)6-9(7)13/h5-6,11,13H,1-4H3. The molecule has 4 heteroatoms. The third kappa shape index (κ3) is 1.84. The molecule has 0 aliphatic rings. The van der Waals surface area contributed by atoms with Crippen LogP contribution in [0, 0.1) is 0 Å². The second-order valence-corrected chi connectivity index (χ2v) is 3.19. The molecule has 2 N–H and O–H groups in total. The van der Waals surface area contributed by atoms with E-state index in [9.17, 15) is 5.11 Å². The molecule has 0 amide bonds. The number of aromatic hydroxyl groups is 1. The van der Waals surface area contributed by atoms with Gasteiger partial charge in [-0.25, -0.2) is 0 Å². The summed E-state index contributed by atoms with van der Waals surface area (Å²) in [6, 6.07) is 3.44. The molecule has 4 nitrogen and oxygen atoms in total. The molecule has 14 heavy (non-hydrogen) atoms. The second-order valence-electron chi connectivity index (χ2n) is 3.19. The zero-order valence-corrected chi connectivity index (χ0v) is 8.96. The molecule has 0 saturated heterocycles. The van der Waals surface area contributed by atoms with Crippen LogP contribution >= 0.6 is 0 Å². The molecular formula is C10H16N2O2. The van der Waals surface area contributed by atoms with Crippen LogP contribution in [0.25, 0.3) is 0 Å². The normalized spacial score (nSPS) is 9.71. The van der Waals surface area contributed by atoms with Crippen molar-refractivity contribution in [2.24, 2.45) is 0 Å². The lowest BCUT2D eigenvalue weighted by Crippen LogP contribution is -2.10. The number of hydrogen-bond acceptors (Lipinski definition) is 4. The first-order valence-corrected chi connectivity index (χ1v) is 4.36. The number of nitrogens with one attached hydrogen (secondary N) is 1. The van der Waals surface area contributed by atoms with Crippen LogP contribution in [0.4, 0.5) is 11.4 Å². The van der Waals surface area contributed by atoms with Crippen LogP contribution in [0.5, 0.6) is 11.5 Å². The topological polar surface area (TPSA) is 44.7 Å². The Hall–Kier alpha value is -1.58. The van der Waals surface area contributed by atoms with Crippen LogP contribution < -0.4 is 15.0 Å². The highest BCUT2D eigenvalue weighted by atomic mass is 16.5. The maximum absolute atomic E-state index is 9.62. The number of nitrogens with zero attached hydrogens (tertiary/aromatic N) is 1. The highest BCUT2D eigenvalue weighted by Crippen LogP contribution is 2.36. The van der Waals surface area contributed by atoms with E-state index in [2.05, 4.69) is 5.32 Å². The van der Waals surface area contributed by atoms with Crippen molar-refractivity contribution >= 4 is 11.4 Å². The van der Waals surface area contributed by atoms with E-state index in [1.807, 2.05) is 19.0 Å². The molecule has 0 heterocycles. The Bertz CT molecular complexity index is 324. The van der Waals surface area contributed by atoms with Crippen molar-refractivity contribution in [2.45, 2.75) is 0 Å². The van der Waals surface area contributed by atoms with Gasteiger partial charge in [0.25, 0.3) is 0 Å². The van der Waals surface area contributed by atoms with E-state index in [4.69, 9.17) is 4.74 Å². The van der Waals surface area contributed by atoms with E-state index in [1.54, 1.807) is 26.3 Å². The number of rotatable bonds is 3. The number of methoxy groups -OCH3 is 1. The van der Waals surface area contributed by atoms with Crippen LogP contribution in [0.15, 0.2) is 12.1 Å². The summed E-state index contributed by atoms with van der Waals surface area (Å²) < 4.78 is 5.21. The van der Waals surface area contributed by atoms with Crippen molar-refractivity contribution in [3.8, 4) is 11.5 Å². The van der Waals surface area contributed by atoms with Crippen molar-refractivity contribution in [1.29, 1.82) is 0 Å². The lowest BCUT2D eigenvalue weighted by atomic mass is 10.2. The fraction of sp³-hybridized carbons (Fsp3) is 0.400. The van der Waals surface area contributed by atoms with E-state index < -0.39 is 0 Å². The maximum atomic E-state index is 9.62. The number of benzene rings is 1. The van der Waals surface area contributed by atoms with Crippen LogP contribution in [0.2, 0.25) is 0 Å². The lowest BCUT2D eigenvalue weighted by molar-refractivity contribution is 0.413. The first kappa shape index (κ1) is 10.5. The number of phenolic OH excluding ortho intramolecular Hbond substituents is 1. The third-order valence-electron chi connectivity index (χ3n) is 2.05. The van der Waals surface area contributed by atoms with Gasteiger partial charge in [-0.2, -0.15) is 0 Å². The first-order chi connectivity index (χ1) is 6.60. The van der Waals surface area contributed by atoms with E-state index in [1.165, 1.54) is 0 Å². The smallest absolute Gasteiger partial charge is 0.144 e. The minimum Gasteiger partial charge on any atom is -0.506 e. The Balaban J connectivity index is 3.24. The van der Waals surface area contributed by atoms with Gasteiger partial charge in [-0.1, -0.05) is 0 Å². The van der Waals surface area contributed by atoms with Gasteiger partial charge in [-0.3, -0.25) is 0 Å². The van der Waals surface area contributed by atoms with E-state index >= 15 is 0 Å². The predicted molar refractivity (Wildman–Crippen MR) is 58.5 cm³/mol. The number of hydrogen-bond donors (Lipinski definition) is 2. The van der Waals surface area contributed by atoms with E-state index in [0.29, 0.717) is 5.69 Å². The van der Waals surface area contributed by atoms with Crippen molar-refractivity contribution in [2.75, 3.05) is 38.5 Å². The van der Waals surface area contributed by atoms with Gasteiger partial charge in [0.15, 0.2) is 0 Å². The molecule has 1 aromatic rings. The second kappa shape index (κ2) is 4.09. The SMILES string of the molecule is CNc1cc(OC)c(N(C)C)cc1O. The van der Waals surface area contributed by atoms with Crippen molar-refractivity contribution in [3.63, 3.8) is 0 Å². The molecule has 0 saturated carbocycles. The Labute approximate surface area is 84.1 Å². The lowest BCUT2D eigenvalue weighted by Gasteiger charge is -2.18. The number of anilines is 2.